The number of aromatic amines is 1. The van der Waals surface area contributed by atoms with Gasteiger partial charge in [-0.15, -0.1) is 11.3 Å². The van der Waals surface area contributed by atoms with E-state index in [0.717, 1.165) is 21.7 Å². The number of nitrogens with two attached hydrogens (primary N) is 1. The molecule has 6 heteroatoms. The maximum absolute atomic E-state index is 5.86. The van der Waals surface area contributed by atoms with E-state index in [4.69, 9.17) is 10.3 Å². The van der Waals surface area contributed by atoms with Crippen LogP contribution in [0.5, 0.6) is 0 Å². The van der Waals surface area contributed by atoms with E-state index in [1.807, 2.05) is 24.4 Å². The highest BCUT2D eigenvalue weighted by Gasteiger charge is 2.20. The summed E-state index contributed by atoms with van der Waals surface area (Å²) in [5.41, 5.74) is 8.51. The number of nitrogens with zero attached hydrogens (tertiary/aromatic N) is 2. The molecule has 0 aliphatic heterocycles. The van der Waals surface area contributed by atoms with Crippen LogP contribution in [0.3, 0.4) is 0 Å². The van der Waals surface area contributed by atoms with Crippen LogP contribution in [0.4, 0.5) is 5.82 Å². The van der Waals surface area contributed by atoms with Crippen molar-refractivity contribution >= 4 is 17.2 Å². The van der Waals surface area contributed by atoms with Crippen molar-refractivity contribution in [1.82, 2.24) is 15.4 Å². The van der Waals surface area contributed by atoms with Crippen LogP contribution in [0.15, 0.2) is 28.2 Å². The van der Waals surface area contributed by atoms with Gasteiger partial charge in [-0.05, 0) is 18.4 Å². The molecular formula is C11H10N4OS. The fraction of sp³-hybridized carbons (Fsp3) is 0.0909. The predicted molar refractivity (Wildman–Crippen MR) is 66.5 cm³/mol. The summed E-state index contributed by atoms with van der Waals surface area (Å²) in [7, 11) is 0. The minimum Gasteiger partial charge on any atom is -0.380 e. The van der Waals surface area contributed by atoms with Crippen molar-refractivity contribution in [3.05, 3.63) is 29.4 Å². The lowest BCUT2D eigenvalue weighted by Crippen LogP contribution is -1.87. The second-order valence-corrected chi connectivity index (χ2v) is 4.61. The molecule has 0 unspecified atom stereocenters. The van der Waals surface area contributed by atoms with Gasteiger partial charge in [-0.25, -0.2) is 0 Å². The molecule has 0 aliphatic rings. The number of nitrogen functional groups attached to an aromatic ring is 1. The summed E-state index contributed by atoms with van der Waals surface area (Å²) >= 11 is 1.60. The molecule has 3 aromatic heterocycles. The van der Waals surface area contributed by atoms with Gasteiger partial charge in [0.2, 0.25) is 0 Å². The van der Waals surface area contributed by atoms with Crippen LogP contribution in [0.1, 0.15) is 5.69 Å². The standard InChI is InChI=1S/C11H10N4OS/c1-6-7(5-13-14-6)10-9(11(12)15-16-10)8-3-2-4-17-8/h2-5H,1H3,(H2,12,15)(H,13,14). The lowest BCUT2D eigenvalue weighted by Gasteiger charge is -1.97. The number of nitrogens with one attached hydrogen (secondary N) is 1. The van der Waals surface area contributed by atoms with E-state index in [9.17, 15) is 0 Å². The molecule has 17 heavy (non-hydrogen) atoms. The SMILES string of the molecule is Cc1[nH]ncc1-c1onc(N)c1-c1cccs1. The predicted octanol–water partition coefficient (Wildman–Crippen LogP) is 2.68. The molecule has 0 saturated heterocycles. The minimum atomic E-state index is 0.406. The average Bonchev–Trinajstić information content (AvgIpc) is 2.98. The lowest BCUT2D eigenvalue weighted by atomic mass is 10.1. The van der Waals surface area contributed by atoms with Crippen molar-refractivity contribution in [2.45, 2.75) is 6.92 Å². The molecule has 0 aromatic carbocycles. The number of hydrogen-bond acceptors (Lipinski definition) is 5. The normalized spacial score (nSPS) is 10.9. The summed E-state index contributed by atoms with van der Waals surface area (Å²) in [6.07, 6.45) is 1.71. The molecule has 0 amide bonds. The van der Waals surface area contributed by atoms with Crippen LogP contribution in [0, 0.1) is 6.92 Å². The first kappa shape index (κ1) is 10.1. The highest BCUT2D eigenvalue weighted by molar-refractivity contribution is 7.13. The summed E-state index contributed by atoms with van der Waals surface area (Å²) in [4.78, 5) is 1.04. The molecule has 3 heterocycles. The Morgan fingerprint density at radius 2 is 2.35 bits per heavy atom. The Kier molecular flexibility index (Phi) is 2.22. The molecule has 3 aromatic rings. The topological polar surface area (TPSA) is 80.7 Å². The average molecular weight is 246 g/mol. The molecular weight excluding hydrogens is 236 g/mol. The summed E-state index contributed by atoms with van der Waals surface area (Å²) in [6.45, 7) is 1.93. The third kappa shape index (κ3) is 1.53. The van der Waals surface area contributed by atoms with Crippen LogP contribution in [0.2, 0.25) is 0 Å². The van der Waals surface area contributed by atoms with Gasteiger partial charge in [0.25, 0.3) is 0 Å². The number of anilines is 1. The van der Waals surface area contributed by atoms with Gasteiger partial charge in [0, 0.05) is 10.6 Å². The molecule has 5 nitrogen and oxygen atoms in total. The number of rotatable bonds is 2. The highest BCUT2D eigenvalue weighted by Crippen LogP contribution is 2.39. The zero-order valence-electron chi connectivity index (χ0n) is 9.10. The van der Waals surface area contributed by atoms with Crippen molar-refractivity contribution in [1.29, 1.82) is 0 Å². The maximum atomic E-state index is 5.86. The monoisotopic (exact) mass is 246 g/mol. The molecule has 3 rings (SSSR count). The van der Waals surface area contributed by atoms with Gasteiger partial charge < -0.3 is 10.3 Å². The first-order valence-corrected chi connectivity index (χ1v) is 5.94. The Morgan fingerprint density at radius 3 is 3.00 bits per heavy atom. The highest BCUT2D eigenvalue weighted by atomic mass is 32.1. The van der Waals surface area contributed by atoms with Gasteiger partial charge >= 0.3 is 0 Å². The van der Waals surface area contributed by atoms with Gasteiger partial charge in [0.05, 0.1) is 17.3 Å². The fourth-order valence-electron chi connectivity index (χ4n) is 1.72. The molecule has 0 atom stereocenters. The lowest BCUT2D eigenvalue weighted by molar-refractivity contribution is 0.436. The molecule has 86 valence electrons. The van der Waals surface area contributed by atoms with E-state index in [2.05, 4.69) is 15.4 Å². The Morgan fingerprint density at radius 1 is 1.47 bits per heavy atom. The molecule has 0 radical (unpaired) electrons. The molecule has 0 spiro atoms. The van der Waals surface area contributed by atoms with Gasteiger partial charge in [0.15, 0.2) is 11.6 Å². The number of hydrogen-bond donors (Lipinski definition) is 2. The van der Waals surface area contributed by atoms with Crippen molar-refractivity contribution in [3.63, 3.8) is 0 Å². The van der Waals surface area contributed by atoms with Crippen LogP contribution in [-0.2, 0) is 0 Å². The van der Waals surface area contributed by atoms with Crippen molar-refractivity contribution in [3.8, 4) is 21.8 Å². The van der Waals surface area contributed by atoms with Crippen LogP contribution in [0.25, 0.3) is 21.8 Å². The number of thiophene rings is 1. The Labute approximate surface area is 101 Å². The summed E-state index contributed by atoms with van der Waals surface area (Å²) in [6, 6.07) is 3.96. The van der Waals surface area contributed by atoms with E-state index in [0.29, 0.717) is 11.6 Å². The number of H-pyrrole nitrogens is 1. The van der Waals surface area contributed by atoms with Crippen LogP contribution >= 0.6 is 11.3 Å². The van der Waals surface area contributed by atoms with Crippen molar-refractivity contribution in [2.75, 3.05) is 5.73 Å². The Hall–Kier alpha value is -2.08. The zero-order chi connectivity index (χ0) is 11.8. The van der Waals surface area contributed by atoms with Gasteiger partial charge in [-0.3, -0.25) is 5.10 Å². The van der Waals surface area contributed by atoms with Gasteiger partial charge in [0.1, 0.15) is 0 Å². The smallest absolute Gasteiger partial charge is 0.181 e. The Balaban J connectivity index is 2.23. The van der Waals surface area contributed by atoms with Gasteiger partial charge in [-0.1, -0.05) is 11.2 Å². The number of aryl methyl sites for hydroxylation is 1. The molecule has 3 N–H and O–H groups in total. The number of aromatic nitrogens is 3. The molecule has 0 aliphatic carbocycles. The quantitative estimate of drug-likeness (QED) is 0.728. The third-order valence-corrected chi connectivity index (χ3v) is 3.45. The zero-order valence-corrected chi connectivity index (χ0v) is 9.91. The van der Waals surface area contributed by atoms with E-state index in [1.54, 1.807) is 17.5 Å². The van der Waals surface area contributed by atoms with Crippen LogP contribution < -0.4 is 5.73 Å². The van der Waals surface area contributed by atoms with Crippen LogP contribution in [-0.4, -0.2) is 15.4 Å². The summed E-state index contributed by atoms with van der Waals surface area (Å²) in [5, 5.41) is 12.7. The van der Waals surface area contributed by atoms with E-state index in [1.165, 1.54) is 0 Å². The molecule has 0 saturated carbocycles. The minimum absolute atomic E-state index is 0.406. The van der Waals surface area contributed by atoms with Gasteiger partial charge in [-0.2, -0.15) is 5.10 Å². The second-order valence-electron chi connectivity index (χ2n) is 3.66. The molecule has 0 fully saturated rings. The third-order valence-electron chi connectivity index (χ3n) is 2.56. The van der Waals surface area contributed by atoms with E-state index in [-0.39, 0.29) is 0 Å². The summed E-state index contributed by atoms with van der Waals surface area (Å²) < 4.78 is 5.32. The molecule has 0 bridgehead atoms. The first-order chi connectivity index (χ1) is 8.27. The van der Waals surface area contributed by atoms with E-state index >= 15 is 0 Å². The summed E-state index contributed by atoms with van der Waals surface area (Å²) in [5.74, 6) is 1.07. The maximum Gasteiger partial charge on any atom is 0.181 e. The fourth-order valence-corrected chi connectivity index (χ4v) is 2.50. The van der Waals surface area contributed by atoms with Crippen molar-refractivity contribution in [2.24, 2.45) is 0 Å². The van der Waals surface area contributed by atoms with E-state index < -0.39 is 0 Å². The first-order valence-electron chi connectivity index (χ1n) is 5.06. The Bertz CT molecular complexity index is 638. The largest absolute Gasteiger partial charge is 0.380 e. The van der Waals surface area contributed by atoms with Crippen molar-refractivity contribution < 1.29 is 4.52 Å². The second kappa shape index (κ2) is 3.74.